The number of carbonyl (C=O) groups excluding carboxylic acids is 1. The van der Waals surface area contributed by atoms with Gasteiger partial charge in [0.2, 0.25) is 0 Å². The highest BCUT2D eigenvalue weighted by Gasteiger charge is 2.23. The summed E-state index contributed by atoms with van der Waals surface area (Å²) in [5.74, 6) is -1.42. The number of carbonyl (C=O) groups is 2. The summed E-state index contributed by atoms with van der Waals surface area (Å²) in [6, 6.07) is 4.16. The molecule has 1 aromatic rings. The Labute approximate surface area is 126 Å². The number of nitrogens with zero attached hydrogens (tertiary/aromatic N) is 1. The van der Waals surface area contributed by atoms with Crippen LogP contribution in [-0.4, -0.2) is 28.5 Å². The smallest absolute Gasteiger partial charge is 0.303 e. The van der Waals surface area contributed by atoms with Gasteiger partial charge in [-0.15, -0.1) is 0 Å². The molecule has 7 nitrogen and oxygen atoms in total. The van der Waals surface area contributed by atoms with Gasteiger partial charge in [0.05, 0.1) is 4.92 Å². The van der Waals surface area contributed by atoms with E-state index in [1.165, 1.54) is 18.2 Å². The van der Waals surface area contributed by atoms with Crippen molar-refractivity contribution in [2.45, 2.75) is 25.7 Å². The normalized spacial score (nSPS) is 10.1. The number of carboxylic acids is 1. The van der Waals surface area contributed by atoms with Crippen LogP contribution in [0.1, 0.15) is 36.0 Å². The number of halogens is 1. The zero-order valence-electron chi connectivity index (χ0n) is 11.2. The second-order valence-electron chi connectivity index (χ2n) is 4.35. The van der Waals surface area contributed by atoms with Gasteiger partial charge in [-0.2, -0.15) is 0 Å². The molecular weight excluding hydrogens is 300 g/mol. The molecule has 0 spiro atoms. The van der Waals surface area contributed by atoms with Crippen molar-refractivity contribution in [1.29, 1.82) is 0 Å². The molecule has 1 rings (SSSR count). The molecule has 0 aliphatic heterocycles. The topological polar surface area (TPSA) is 110 Å². The minimum absolute atomic E-state index is 0.0852. The van der Waals surface area contributed by atoms with E-state index in [4.69, 9.17) is 16.7 Å². The lowest BCUT2D eigenvalue weighted by Gasteiger charge is -2.06. The largest absolute Gasteiger partial charge is 0.481 e. The van der Waals surface area contributed by atoms with E-state index < -0.39 is 22.5 Å². The predicted octanol–water partition coefficient (Wildman–Crippen LogP) is 2.62. The SMILES string of the molecule is O=C(O)CCCCCNC(=O)c1cccc(Cl)c1[N+](=O)[O-]. The summed E-state index contributed by atoms with van der Waals surface area (Å²) in [5, 5.41) is 21.9. The van der Waals surface area contributed by atoms with Crippen LogP contribution in [0.15, 0.2) is 18.2 Å². The fourth-order valence-electron chi connectivity index (χ4n) is 1.76. The predicted molar refractivity (Wildman–Crippen MR) is 76.5 cm³/mol. The van der Waals surface area contributed by atoms with E-state index in [1.54, 1.807) is 0 Å². The van der Waals surface area contributed by atoms with Crippen molar-refractivity contribution in [1.82, 2.24) is 5.32 Å². The highest BCUT2D eigenvalue weighted by atomic mass is 35.5. The molecule has 114 valence electrons. The van der Waals surface area contributed by atoms with E-state index in [-0.39, 0.29) is 17.0 Å². The molecule has 21 heavy (non-hydrogen) atoms. The molecule has 0 unspecified atom stereocenters. The maximum absolute atomic E-state index is 11.9. The monoisotopic (exact) mass is 314 g/mol. The molecule has 0 radical (unpaired) electrons. The first-order chi connectivity index (χ1) is 9.93. The van der Waals surface area contributed by atoms with Crippen LogP contribution in [0.5, 0.6) is 0 Å². The van der Waals surface area contributed by atoms with Gasteiger partial charge in [0.25, 0.3) is 5.91 Å². The second kappa shape index (κ2) is 8.21. The van der Waals surface area contributed by atoms with Crippen LogP contribution in [-0.2, 0) is 4.79 Å². The fraction of sp³-hybridized carbons (Fsp3) is 0.385. The molecule has 0 aliphatic rings. The number of hydrogen-bond acceptors (Lipinski definition) is 4. The van der Waals surface area contributed by atoms with Crippen LogP contribution in [0.3, 0.4) is 0 Å². The van der Waals surface area contributed by atoms with Gasteiger partial charge in [-0.25, -0.2) is 0 Å². The Kier molecular flexibility index (Phi) is 6.61. The van der Waals surface area contributed by atoms with E-state index >= 15 is 0 Å². The van der Waals surface area contributed by atoms with Crippen LogP contribution in [0.25, 0.3) is 0 Å². The van der Waals surface area contributed by atoms with Crippen LogP contribution in [0, 0.1) is 10.1 Å². The Morgan fingerprint density at radius 2 is 2.00 bits per heavy atom. The Balaban J connectivity index is 2.51. The number of amides is 1. The number of nitro groups is 1. The second-order valence-corrected chi connectivity index (χ2v) is 4.76. The van der Waals surface area contributed by atoms with Gasteiger partial charge < -0.3 is 10.4 Å². The van der Waals surface area contributed by atoms with E-state index in [2.05, 4.69) is 5.32 Å². The molecule has 0 saturated carbocycles. The molecule has 0 saturated heterocycles. The molecular formula is C13H15ClN2O5. The lowest BCUT2D eigenvalue weighted by Crippen LogP contribution is -2.25. The minimum atomic E-state index is -0.853. The molecule has 0 bridgehead atoms. The molecule has 0 heterocycles. The molecule has 0 atom stereocenters. The summed E-state index contributed by atoms with van der Waals surface area (Å²) < 4.78 is 0. The highest BCUT2D eigenvalue weighted by Crippen LogP contribution is 2.27. The van der Waals surface area contributed by atoms with E-state index in [9.17, 15) is 19.7 Å². The van der Waals surface area contributed by atoms with Crippen molar-refractivity contribution in [3.8, 4) is 0 Å². The van der Waals surface area contributed by atoms with Crippen LogP contribution in [0.4, 0.5) is 5.69 Å². The van der Waals surface area contributed by atoms with Gasteiger partial charge in [-0.1, -0.05) is 24.1 Å². The minimum Gasteiger partial charge on any atom is -0.481 e. The Hall–Kier alpha value is -2.15. The van der Waals surface area contributed by atoms with Crippen LogP contribution >= 0.6 is 11.6 Å². The molecule has 0 aliphatic carbocycles. The number of aliphatic carboxylic acids is 1. The number of carboxylic acid groups (broad SMARTS) is 1. The zero-order chi connectivity index (χ0) is 15.8. The summed E-state index contributed by atoms with van der Waals surface area (Å²) in [4.78, 5) is 32.4. The number of para-hydroxylation sites is 1. The first-order valence-electron chi connectivity index (χ1n) is 6.36. The van der Waals surface area contributed by atoms with Crippen molar-refractivity contribution in [3.05, 3.63) is 38.9 Å². The number of benzene rings is 1. The molecule has 2 N–H and O–H groups in total. The maximum atomic E-state index is 11.9. The van der Waals surface area contributed by atoms with Gasteiger partial charge in [0, 0.05) is 13.0 Å². The molecule has 1 amide bonds. The summed E-state index contributed by atoms with van der Waals surface area (Å²) in [6.45, 7) is 0.322. The number of nitro benzene ring substituents is 1. The lowest BCUT2D eigenvalue weighted by molar-refractivity contribution is -0.385. The summed E-state index contributed by atoms with van der Waals surface area (Å²) >= 11 is 5.72. The van der Waals surface area contributed by atoms with E-state index in [0.29, 0.717) is 25.8 Å². The number of rotatable bonds is 8. The molecule has 1 aromatic carbocycles. The molecule has 8 heteroatoms. The Morgan fingerprint density at radius 3 is 2.62 bits per heavy atom. The number of unbranched alkanes of at least 4 members (excludes halogenated alkanes) is 2. The first-order valence-corrected chi connectivity index (χ1v) is 6.74. The zero-order valence-corrected chi connectivity index (χ0v) is 11.9. The van der Waals surface area contributed by atoms with E-state index in [0.717, 1.165) is 0 Å². The summed E-state index contributed by atoms with van der Waals surface area (Å²) in [5.41, 5.74) is -0.499. The third kappa shape index (κ3) is 5.39. The lowest BCUT2D eigenvalue weighted by atomic mass is 10.1. The molecule has 0 fully saturated rings. The van der Waals surface area contributed by atoms with Crippen molar-refractivity contribution in [3.63, 3.8) is 0 Å². The first kappa shape index (κ1) is 16.9. The van der Waals surface area contributed by atoms with Gasteiger partial charge >= 0.3 is 11.7 Å². The van der Waals surface area contributed by atoms with Gasteiger partial charge in [-0.05, 0) is 25.0 Å². The molecule has 0 aromatic heterocycles. The number of hydrogen-bond donors (Lipinski definition) is 2. The van der Waals surface area contributed by atoms with Gasteiger partial charge in [-0.3, -0.25) is 19.7 Å². The maximum Gasteiger partial charge on any atom is 0.303 e. The van der Waals surface area contributed by atoms with Crippen LogP contribution < -0.4 is 5.32 Å². The van der Waals surface area contributed by atoms with Gasteiger partial charge in [0.15, 0.2) is 0 Å². The summed E-state index contributed by atoms with van der Waals surface area (Å²) in [7, 11) is 0. The standard InChI is InChI=1S/C13H15ClN2O5/c14-10-6-4-5-9(12(10)16(20)21)13(19)15-8-3-1-2-7-11(17)18/h4-6H,1-3,7-8H2,(H,15,19)(H,17,18). The van der Waals surface area contributed by atoms with Crippen molar-refractivity contribution in [2.24, 2.45) is 0 Å². The third-order valence-corrected chi connectivity index (χ3v) is 3.07. The summed E-state index contributed by atoms with van der Waals surface area (Å²) in [6.07, 6.45) is 1.88. The number of nitrogens with one attached hydrogen (secondary N) is 1. The quantitative estimate of drug-likeness (QED) is 0.435. The van der Waals surface area contributed by atoms with Gasteiger partial charge in [0.1, 0.15) is 10.6 Å². The van der Waals surface area contributed by atoms with Crippen molar-refractivity contribution in [2.75, 3.05) is 6.54 Å². The van der Waals surface area contributed by atoms with Crippen molar-refractivity contribution >= 4 is 29.2 Å². The fourth-order valence-corrected chi connectivity index (χ4v) is 2.00. The Morgan fingerprint density at radius 1 is 1.29 bits per heavy atom. The van der Waals surface area contributed by atoms with Crippen LogP contribution in [0.2, 0.25) is 5.02 Å². The highest BCUT2D eigenvalue weighted by molar-refractivity contribution is 6.33. The van der Waals surface area contributed by atoms with E-state index in [1.807, 2.05) is 0 Å². The average Bonchev–Trinajstić information content (AvgIpc) is 2.41. The average molecular weight is 315 g/mol. The Bertz CT molecular complexity index is 547. The van der Waals surface area contributed by atoms with Crippen molar-refractivity contribution < 1.29 is 19.6 Å². The third-order valence-electron chi connectivity index (χ3n) is 2.77.